The van der Waals surface area contributed by atoms with Crippen LogP contribution in [-0.4, -0.2) is 5.71 Å². The summed E-state index contributed by atoms with van der Waals surface area (Å²) in [6.07, 6.45) is 2.07. The number of aliphatic imine (C=N–C) groups is 1. The summed E-state index contributed by atoms with van der Waals surface area (Å²) in [6.45, 7) is 0. The van der Waals surface area contributed by atoms with Gasteiger partial charge in [0, 0.05) is 19.9 Å². The third-order valence-corrected chi connectivity index (χ3v) is 4.45. The standard InChI is InChI=1S/C16H13ClIN/c17-14-4-2-1-3-13(14)16-10-9-15(19-16)11-5-7-12(18)8-6-11/h1-8,15H,9-10H2. The summed E-state index contributed by atoms with van der Waals surface area (Å²) < 4.78 is 1.26. The van der Waals surface area contributed by atoms with Gasteiger partial charge < -0.3 is 0 Å². The molecule has 1 aliphatic heterocycles. The lowest BCUT2D eigenvalue weighted by atomic mass is 10.0. The van der Waals surface area contributed by atoms with Gasteiger partial charge in [-0.3, -0.25) is 4.99 Å². The van der Waals surface area contributed by atoms with E-state index in [4.69, 9.17) is 16.6 Å². The highest BCUT2D eigenvalue weighted by Gasteiger charge is 2.21. The van der Waals surface area contributed by atoms with E-state index in [1.54, 1.807) is 0 Å². The van der Waals surface area contributed by atoms with E-state index in [1.165, 1.54) is 9.13 Å². The van der Waals surface area contributed by atoms with Crippen molar-refractivity contribution in [2.75, 3.05) is 0 Å². The third-order valence-electron chi connectivity index (χ3n) is 3.41. The highest BCUT2D eigenvalue weighted by atomic mass is 127. The van der Waals surface area contributed by atoms with Gasteiger partial charge in [-0.2, -0.15) is 0 Å². The van der Waals surface area contributed by atoms with Gasteiger partial charge in [-0.05, 0) is 59.2 Å². The Kier molecular flexibility index (Phi) is 3.89. The molecule has 0 bridgehead atoms. The Bertz CT molecular complexity index is 619. The smallest absolute Gasteiger partial charge is 0.0756 e. The van der Waals surface area contributed by atoms with Crippen LogP contribution in [0.25, 0.3) is 0 Å². The molecule has 0 radical (unpaired) electrons. The average Bonchev–Trinajstić information content (AvgIpc) is 2.89. The molecule has 0 aromatic heterocycles. The Morgan fingerprint density at radius 1 is 1.05 bits per heavy atom. The lowest BCUT2D eigenvalue weighted by Crippen LogP contribution is -1.96. The quantitative estimate of drug-likeness (QED) is 0.629. The highest BCUT2D eigenvalue weighted by molar-refractivity contribution is 14.1. The molecule has 1 nitrogen and oxygen atoms in total. The molecule has 3 heteroatoms. The maximum absolute atomic E-state index is 6.24. The number of nitrogens with zero attached hydrogens (tertiary/aromatic N) is 1. The van der Waals surface area contributed by atoms with Gasteiger partial charge in [-0.1, -0.05) is 41.9 Å². The van der Waals surface area contributed by atoms with E-state index < -0.39 is 0 Å². The van der Waals surface area contributed by atoms with Gasteiger partial charge in [0.05, 0.1) is 6.04 Å². The first-order valence-electron chi connectivity index (χ1n) is 6.31. The maximum Gasteiger partial charge on any atom is 0.0756 e. The van der Waals surface area contributed by atoms with E-state index >= 15 is 0 Å². The van der Waals surface area contributed by atoms with Crippen molar-refractivity contribution in [1.82, 2.24) is 0 Å². The number of benzene rings is 2. The predicted octanol–water partition coefficient (Wildman–Crippen LogP) is 5.27. The Morgan fingerprint density at radius 2 is 1.79 bits per heavy atom. The summed E-state index contributed by atoms with van der Waals surface area (Å²) in [5.41, 5.74) is 3.51. The topological polar surface area (TPSA) is 12.4 Å². The summed E-state index contributed by atoms with van der Waals surface area (Å²) in [5.74, 6) is 0. The molecule has 0 N–H and O–H groups in total. The van der Waals surface area contributed by atoms with Crippen molar-refractivity contribution in [1.29, 1.82) is 0 Å². The molecule has 0 amide bonds. The van der Waals surface area contributed by atoms with Crippen molar-refractivity contribution in [3.8, 4) is 0 Å². The fraction of sp³-hybridized carbons (Fsp3) is 0.188. The number of rotatable bonds is 2. The van der Waals surface area contributed by atoms with Gasteiger partial charge in [0.1, 0.15) is 0 Å². The van der Waals surface area contributed by atoms with Crippen LogP contribution in [0.4, 0.5) is 0 Å². The van der Waals surface area contributed by atoms with Crippen molar-refractivity contribution in [2.45, 2.75) is 18.9 Å². The van der Waals surface area contributed by atoms with Crippen molar-refractivity contribution in [2.24, 2.45) is 4.99 Å². The first-order chi connectivity index (χ1) is 9.24. The summed E-state index contributed by atoms with van der Waals surface area (Å²) in [6, 6.07) is 16.9. The average molecular weight is 382 g/mol. The van der Waals surface area contributed by atoms with Crippen LogP contribution >= 0.6 is 34.2 Å². The minimum Gasteiger partial charge on any atom is -0.281 e. The van der Waals surface area contributed by atoms with Crippen molar-refractivity contribution >= 4 is 39.9 Å². The van der Waals surface area contributed by atoms with Crippen molar-refractivity contribution in [3.05, 3.63) is 68.3 Å². The number of hydrogen-bond acceptors (Lipinski definition) is 1. The van der Waals surface area contributed by atoms with Crippen LogP contribution in [0.1, 0.15) is 30.0 Å². The Balaban J connectivity index is 1.89. The summed E-state index contributed by atoms with van der Waals surface area (Å²) in [5, 5.41) is 0.796. The molecule has 3 rings (SSSR count). The molecule has 2 aromatic carbocycles. The fourth-order valence-corrected chi connectivity index (χ4v) is 3.02. The van der Waals surface area contributed by atoms with Crippen LogP contribution in [-0.2, 0) is 0 Å². The summed E-state index contributed by atoms with van der Waals surface area (Å²) in [4.78, 5) is 4.85. The van der Waals surface area contributed by atoms with Gasteiger partial charge in [0.2, 0.25) is 0 Å². The molecule has 19 heavy (non-hydrogen) atoms. The number of halogens is 2. The van der Waals surface area contributed by atoms with Gasteiger partial charge in [0.15, 0.2) is 0 Å². The summed E-state index contributed by atoms with van der Waals surface area (Å²) in [7, 11) is 0. The zero-order valence-electron chi connectivity index (χ0n) is 10.3. The monoisotopic (exact) mass is 381 g/mol. The van der Waals surface area contributed by atoms with Crippen LogP contribution in [0.15, 0.2) is 53.5 Å². The number of hydrogen-bond donors (Lipinski definition) is 0. The van der Waals surface area contributed by atoms with Crippen molar-refractivity contribution in [3.63, 3.8) is 0 Å². The molecule has 0 saturated carbocycles. The van der Waals surface area contributed by atoms with Gasteiger partial charge in [0.25, 0.3) is 0 Å². The van der Waals surface area contributed by atoms with E-state index in [2.05, 4.69) is 52.9 Å². The molecule has 1 aliphatic rings. The van der Waals surface area contributed by atoms with Gasteiger partial charge in [-0.25, -0.2) is 0 Å². The zero-order valence-corrected chi connectivity index (χ0v) is 13.2. The SMILES string of the molecule is Clc1ccccc1C1=NC(c2ccc(I)cc2)CC1. The Morgan fingerprint density at radius 3 is 2.53 bits per heavy atom. The first-order valence-corrected chi connectivity index (χ1v) is 7.77. The van der Waals surface area contributed by atoms with Crippen molar-refractivity contribution < 1.29 is 0 Å². The molecule has 0 saturated heterocycles. The molecule has 0 aliphatic carbocycles. The fourth-order valence-electron chi connectivity index (χ4n) is 2.42. The minimum absolute atomic E-state index is 0.281. The first kappa shape index (κ1) is 13.1. The predicted molar refractivity (Wildman–Crippen MR) is 89.1 cm³/mol. The molecule has 1 heterocycles. The van der Waals surface area contributed by atoms with Crippen LogP contribution < -0.4 is 0 Å². The molecular weight excluding hydrogens is 369 g/mol. The van der Waals surface area contributed by atoms with Gasteiger partial charge in [-0.15, -0.1) is 0 Å². The van der Waals surface area contributed by atoms with Crippen LogP contribution in [0.2, 0.25) is 5.02 Å². The molecule has 0 fully saturated rings. The van der Waals surface area contributed by atoms with E-state index in [0.29, 0.717) is 0 Å². The van der Waals surface area contributed by atoms with Crippen LogP contribution in [0, 0.1) is 3.57 Å². The maximum atomic E-state index is 6.24. The molecule has 96 valence electrons. The third kappa shape index (κ3) is 2.84. The van der Waals surface area contributed by atoms with Crippen LogP contribution in [0.5, 0.6) is 0 Å². The second kappa shape index (κ2) is 5.63. The van der Waals surface area contributed by atoms with Crippen LogP contribution in [0.3, 0.4) is 0 Å². The van der Waals surface area contributed by atoms with E-state index in [0.717, 1.165) is 29.1 Å². The lowest BCUT2D eigenvalue weighted by molar-refractivity contribution is 0.723. The summed E-state index contributed by atoms with van der Waals surface area (Å²) >= 11 is 8.56. The molecule has 0 spiro atoms. The lowest BCUT2D eigenvalue weighted by Gasteiger charge is -2.06. The van der Waals surface area contributed by atoms with E-state index in [9.17, 15) is 0 Å². The zero-order chi connectivity index (χ0) is 13.2. The second-order valence-corrected chi connectivity index (χ2v) is 6.31. The largest absolute Gasteiger partial charge is 0.281 e. The molecule has 2 aromatic rings. The Labute approximate surface area is 131 Å². The van der Waals surface area contributed by atoms with Gasteiger partial charge >= 0.3 is 0 Å². The second-order valence-electron chi connectivity index (χ2n) is 4.66. The van der Waals surface area contributed by atoms with E-state index in [-0.39, 0.29) is 6.04 Å². The minimum atomic E-state index is 0.281. The Hall–Kier alpha value is -0.870. The highest BCUT2D eigenvalue weighted by Crippen LogP contribution is 2.32. The molecule has 1 atom stereocenters. The molecular formula is C16H13ClIN. The molecule has 1 unspecified atom stereocenters. The van der Waals surface area contributed by atoms with E-state index in [1.807, 2.05) is 18.2 Å². The normalized spacial score (nSPS) is 18.4.